The van der Waals surface area contributed by atoms with Crippen molar-refractivity contribution in [2.45, 2.75) is 13.5 Å². The van der Waals surface area contributed by atoms with Gasteiger partial charge in [0, 0.05) is 11.8 Å². The Labute approximate surface area is 128 Å². The largest absolute Gasteiger partial charge is 0.355 e. The Kier molecular flexibility index (Phi) is 3.96. The van der Waals surface area contributed by atoms with Crippen molar-refractivity contribution in [1.29, 1.82) is 0 Å². The fourth-order valence-electron chi connectivity index (χ4n) is 2.08. The number of aromatic nitrogens is 2. The lowest BCUT2D eigenvalue weighted by Crippen LogP contribution is -2.23. The van der Waals surface area contributed by atoms with E-state index in [1.165, 1.54) is 6.20 Å². The van der Waals surface area contributed by atoms with Gasteiger partial charge >= 0.3 is 0 Å². The highest BCUT2D eigenvalue weighted by Gasteiger charge is 2.17. The van der Waals surface area contributed by atoms with E-state index >= 15 is 0 Å². The normalized spacial score (nSPS) is 10.4. The molecule has 5 nitrogen and oxygen atoms in total. The number of nitrogens with one attached hydrogen (secondary N) is 1. The van der Waals surface area contributed by atoms with Crippen LogP contribution in [0.3, 0.4) is 0 Å². The van der Waals surface area contributed by atoms with Gasteiger partial charge in [0.25, 0.3) is 5.91 Å². The molecule has 1 aromatic carbocycles. The number of benzene rings is 1. The molecule has 0 aliphatic rings. The molecule has 0 spiro atoms. The number of carbonyl (C=O) groups is 1. The second kappa shape index (κ2) is 6.22. The molecule has 2 heterocycles. The van der Waals surface area contributed by atoms with Crippen LogP contribution in [-0.2, 0) is 6.54 Å². The molecule has 0 fully saturated rings. The molecule has 0 atom stereocenters. The predicted octanol–water partition coefficient (Wildman–Crippen LogP) is 2.98. The molecule has 0 aliphatic carbocycles. The maximum atomic E-state index is 12.3. The van der Waals surface area contributed by atoms with Crippen LogP contribution in [0.4, 0.5) is 0 Å². The summed E-state index contributed by atoms with van der Waals surface area (Å²) >= 11 is 0. The van der Waals surface area contributed by atoms with Crippen molar-refractivity contribution in [3.05, 3.63) is 71.7 Å². The number of nitrogens with zero attached hydrogens (tertiary/aromatic N) is 2. The Morgan fingerprint density at radius 2 is 2.00 bits per heavy atom. The molecule has 5 heteroatoms. The third-order valence-electron chi connectivity index (χ3n) is 3.29. The summed E-state index contributed by atoms with van der Waals surface area (Å²) in [5.74, 6) is 0.237. The van der Waals surface area contributed by atoms with E-state index in [4.69, 9.17) is 4.52 Å². The second-order valence-corrected chi connectivity index (χ2v) is 4.94. The van der Waals surface area contributed by atoms with Crippen molar-refractivity contribution in [3.63, 3.8) is 0 Å². The fourth-order valence-corrected chi connectivity index (χ4v) is 2.08. The summed E-state index contributed by atoms with van der Waals surface area (Å²) in [6.45, 7) is 2.36. The Balaban J connectivity index is 1.76. The summed E-state index contributed by atoms with van der Waals surface area (Å²) in [5.41, 5.74) is 3.18. The van der Waals surface area contributed by atoms with Gasteiger partial charge in [-0.25, -0.2) is 0 Å². The highest BCUT2D eigenvalue weighted by atomic mass is 16.5. The number of carbonyl (C=O) groups excluding carboxylic acids is 1. The molecule has 1 amide bonds. The van der Waals surface area contributed by atoms with Gasteiger partial charge in [0.05, 0.1) is 18.4 Å². The van der Waals surface area contributed by atoms with Crippen molar-refractivity contribution < 1.29 is 9.32 Å². The van der Waals surface area contributed by atoms with E-state index in [2.05, 4.69) is 15.5 Å². The third kappa shape index (κ3) is 3.03. The lowest BCUT2D eigenvalue weighted by molar-refractivity contribution is 0.0950. The minimum atomic E-state index is -0.234. The van der Waals surface area contributed by atoms with Crippen molar-refractivity contribution in [3.8, 4) is 11.3 Å². The monoisotopic (exact) mass is 293 g/mol. The Morgan fingerprint density at radius 1 is 1.18 bits per heavy atom. The Morgan fingerprint density at radius 3 is 2.73 bits per heavy atom. The molecule has 0 aliphatic heterocycles. The van der Waals surface area contributed by atoms with Crippen LogP contribution < -0.4 is 5.32 Å². The lowest BCUT2D eigenvalue weighted by atomic mass is 10.1. The van der Waals surface area contributed by atoms with E-state index in [1.807, 2.05) is 49.4 Å². The van der Waals surface area contributed by atoms with Crippen molar-refractivity contribution in [2.24, 2.45) is 0 Å². The maximum Gasteiger partial charge on any atom is 0.257 e. The topological polar surface area (TPSA) is 68.0 Å². The first-order valence-corrected chi connectivity index (χ1v) is 6.94. The molecular formula is C17H15N3O2. The number of hydrogen-bond acceptors (Lipinski definition) is 4. The molecule has 2 aromatic heterocycles. The molecule has 0 unspecified atom stereocenters. The van der Waals surface area contributed by atoms with Crippen LogP contribution in [0.5, 0.6) is 0 Å². The van der Waals surface area contributed by atoms with Crippen molar-refractivity contribution in [1.82, 2.24) is 15.5 Å². The number of pyridine rings is 1. The Bertz CT molecular complexity index is 764. The molecule has 0 bridgehead atoms. The molecule has 0 radical (unpaired) electrons. The molecule has 0 saturated heterocycles. The molecule has 110 valence electrons. The van der Waals surface area contributed by atoms with Crippen LogP contribution in [0.25, 0.3) is 11.3 Å². The minimum Gasteiger partial charge on any atom is -0.355 e. The van der Waals surface area contributed by atoms with Gasteiger partial charge in [-0.3, -0.25) is 9.78 Å². The highest BCUT2D eigenvalue weighted by molar-refractivity contribution is 5.99. The number of rotatable bonds is 4. The van der Waals surface area contributed by atoms with Crippen LogP contribution >= 0.6 is 0 Å². The first-order chi connectivity index (χ1) is 10.7. The van der Waals surface area contributed by atoms with E-state index in [1.54, 1.807) is 6.20 Å². The summed E-state index contributed by atoms with van der Waals surface area (Å²) in [6.07, 6.45) is 3.13. The van der Waals surface area contributed by atoms with Crippen LogP contribution in [0, 0.1) is 6.92 Å². The zero-order chi connectivity index (χ0) is 15.4. The average Bonchev–Trinajstić information content (AvgIpc) is 3.04. The molecule has 0 saturated carbocycles. The van der Waals surface area contributed by atoms with Crippen LogP contribution in [0.15, 0.2) is 59.4 Å². The van der Waals surface area contributed by atoms with Crippen LogP contribution in [0.1, 0.15) is 21.6 Å². The molecule has 1 N–H and O–H groups in total. The zero-order valence-corrected chi connectivity index (χ0v) is 12.1. The van der Waals surface area contributed by atoms with Gasteiger partial charge in [0.2, 0.25) is 0 Å². The summed E-state index contributed by atoms with van der Waals surface area (Å²) in [6, 6.07) is 13.3. The standard InChI is InChI=1S/C17H15N3O2/c1-12-5-7-13(8-6-12)16-15(11-20-22-16)17(21)19-10-14-4-2-3-9-18-14/h2-9,11H,10H2,1H3,(H,19,21). The van der Waals surface area contributed by atoms with Gasteiger partial charge in [-0.2, -0.15) is 0 Å². The average molecular weight is 293 g/mol. The minimum absolute atomic E-state index is 0.234. The summed E-state index contributed by atoms with van der Waals surface area (Å²) in [7, 11) is 0. The van der Waals surface area contributed by atoms with Crippen molar-refractivity contribution >= 4 is 5.91 Å². The van der Waals surface area contributed by atoms with Crippen LogP contribution in [0.2, 0.25) is 0 Å². The van der Waals surface area contributed by atoms with Gasteiger partial charge < -0.3 is 9.84 Å². The van der Waals surface area contributed by atoms with Gasteiger partial charge in [-0.1, -0.05) is 41.1 Å². The number of hydrogen-bond donors (Lipinski definition) is 1. The van der Waals surface area contributed by atoms with Gasteiger partial charge in [-0.05, 0) is 19.1 Å². The maximum absolute atomic E-state index is 12.3. The highest BCUT2D eigenvalue weighted by Crippen LogP contribution is 2.23. The summed E-state index contributed by atoms with van der Waals surface area (Å²) in [4.78, 5) is 16.5. The zero-order valence-electron chi connectivity index (χ0n) is 12.1. The number of aryl methyl sites for hydroxylation is 1. The second-order valence-electron chi connectivity index (χ2n) is 4.94. The van der Waals surface area contributed by atoms with E-state index in [9.17, 15) is 4.79 Å². The van der Waals surface area contributed by atoms with E-state index in [0.29, 0.717) is 17.9 Å². The van der Waals surface area contributed by atoms with Crippen molar-refractivity contribution in [2.75, 3.05) is 0 Å². The summed E-state index contributed by atoms with van der Waals surface area (Å²) < 4.78 is 5.24. The van der Waals surface area contributed by atoms with E-state index in [-0.39, 0.29) is 5.91 Å². The molecule has 22 heavy (non-hydrogen) atoms. The molecule has 3 aromatic rings. The van der Waals surface area contributed by atoms with E-state index in [0.717, 1.165) is 16.8 Å². The van der Waals surface area contributed by atoms with Crippen LogP contribution in [-0.4, -0.2) is 16.0 Å². The summed E-state index contributed by atoms with van der Waals surface area (Å²) in [5, 5.41) is 6.57. The van der Waals surface area contributed by atoms with Gasteiger partial charge in [0.1, 0.15) is 5.56 Å². The third-order valence-corrected chi connectivity index (χ3v) is 3.29. The SMILES string of the molecule is Cc1ccc(-c2oncc2C(=O)NCc2ccccn2)cc1. The fraction of sp³-hybridized carbons (Fsp3) is 0.118. The number of amides is 1. The molecular weight excluding hydrogens is 278 g/mol. The van der Waals surface area contributed by atoms with E-state index < -0.39 is 0 Å². The first kappa shape index (κ1) is 14.0. The molecule has 3 rings (SSSR count). The Hall–Kier alpha value is -2.95. The predicted molar refractivity (Wildman–Crippen MR) is 82.1 cm³/mol. The lowest BCUT2D eigenvalue weighted by Gasteiger charge is -2.04. The first-order valence-electron chi connectivity index (χ1n) is 6.94. The smallest absolute Gasteiger partial charge is 0.257 e. The van der Waals surface area contributed by atoms with Gasteiger partial charge in [0.15, 0.2) is 5.76 Å². The quantitative estimate of drug-likeness (QED) is 0.803. The van der Waals surface area contributed by atoms with Gasteiger partial charge in [-0.15, -0.1) is 0 Å².